The molecule has 154 valence electrons. The minimum atomic E-state index is -0.890. The van der Waals surface area contributed by atoms with E-state index in [4.69, 9.17) is 0 Å². The van der Waals surface area contributed by atoms with Gasteiger partial charge in [-0.05, 0) is 60.2 Å². The van der Waals surface area contributed by atoms with Gasteiger partial charge < -0.3 is 0 Å². The number of hydrogen-bond acceptors (Lipinski definition) is 1. The fraction of sp³-hybridized carbons (Fsp3) is 0.148. The molecule has 0 aliphatic carbocycles. The van der Waals surface area contributed by atoms with Gasteiger partial charge in [-0.25, -0.2) is 13.2 Å². The van der Waals surface area contributed by atoms with Crippen molar-refractivity contribution < 1.29 is 13.2 Å². The third-order valence-electron chi connectivity index (χ3n) is 5.16. The van der Waals surface area contributed by atoms with Crippen LogP contribution in [0.1, 0.15) is 36.5 Å². The van der Waals surface area contributed by atoms with Crippen molar-refractivity contribution in [3.63, 3.8) is 0 Å². The van der Waals surface area contributed by atoms with E-state index in [0.717, 1.165) is 25.3 Å². The molecule has 4 aromatic rings. The van der Waals surface area contributed by atoms with E-state index in [0.29, 0.717) is 22.2 Å². The minimum absolute atomic E-state index is 0.189. The molecule has 0 atom stereocenters. The van der Waals surface area contributed by atoms with Gasteiger partial charge in [0.05, 0.1) is 11.3 Å². The van der Waals surface area contributed by atoms with E-state index in [-0.39, 0.29) is 10.9 Å². The highest BCUT2D eigenvalue weighted by atomic mass is 19.2. The molecule has 0 saturated heterocycles. The summed E-state index contributed by atoms with van der Waals surface area (Å²) in [4.78, 5) is 4.45. The van der Waals surface area contributed by atoms with Crippen molar-refractivity contribution in [3.8, 4) is 23.1 Å². The van der Waals surface area contributed by atoms with Crippen LogP contribution in [-0.4, -0.2) is 4.98 Å². The lowest BCUT2D eigenvalue weighted by Gasteiger charge is -2.04. The van der Waals surface area contributed by atoms with E-state index in [1.807, 2.05) is 18.3 Å². The Morgan fingerprint density at radius 2 is 1.71 bits per heavy atom. The average Bonchev–Trinajstić information content (AvgIpc) is 2.79. The molecule has 4 rings (SSSR count). The number of nitrogens with zero attached hydrogens (tertiary/aromatic N) is 1. The number of hydrogen-bond donors (Lipinski definition) is 0. The van der Waals surface area contributed by atoms with Crippen molar-refractivity contribution in [2.75, 3.05) is 0 Å². The van der Waals surface area contributed by atoms with Gasteiger partial charge in [-0.15, -0.1) is 0 Å². The molecule has 0 fully saturated rings. The van der Waals surface area contributed by atoms with Crippen molar-refractivity contribution in [2.24, 2.45) is 0 Å². The number of fused-ring (bicyclic) bond motifs is 1. The van der Waals surface area contributed by atoms with Gasteiger partial charge in [-0.1, -0.05) is 49.5 Å². The Labute approximate surface area is 179 Å². The second kappa shape index (κ2) is 9.06. The summed E-state index contributed by atoms with van der Waals surface area (Å²) in [5, 5.41) is 0.726. The molecule has 0 aliphatic rings. The summed E-state index contributed by atoms with van der Waals surface area (Å²) in [6.07, 6.45) is 5.07. The summed E-state index contributed by atoms with van der Waals surface area (Å²) in [7, 11) is 0. The number of pyridine rings is 1. The number of rotatable bonds is 4. The van der Waals surface area contributed by atoms with Crippen molar-refractivity contribution in [2.45, 2.75) is 26.2 Å². The van der Waals surface area contributed by atoms with E-state index in [1.54, 1.807) is 24.3 Å². The largest absolute Gasteiger partial charge is 0.256 e. The standard InChI is InChI=1S/C27H20F3N/c1-2-3-4-19-7-14-26(31-17-19)22-10-9-20(25(29)16-22)8-5-18-6-12-23-21(15-18)11-13-24(28)27(23)30/h6-7,9-17H,2-4H2,1H3. The third-order valence-corrected chi connectivity index (χ3v) is 5.16. The third kappa shape index (κ3) is 4.62. The smallest absolute Gasteiger partial charge is 0.166 e. The lowest BCUT2D eigenvalue weighted by Crippen LogP contribution is -1.91. The molecular formula is C27H20F3N. The molecule has 0 saturated carbocycles. The second-order valence-electron chi connectivity index (χ2n) is 7.40. The highest BCUT2D eigenvalue weighted by Gasteiger charge is 2.07. The molecule has 0 radical (unpaired) electrons. The van der Waals surface area contributed by atoms with Crippen molar-refractivity contribution >= 4 is 10.8 Å². The van der Waals surface area contributed by atoms with Gasteiger partial charge in [0.15, 0.2) is 11.6 Å². The van der Waals surface area contributed by atoms with Gasteiger partial charge in [0, 0.05) is 22.7 Å². The Bertz CT molecular complexity index is 1300. The first-order chi connectivity index (χ1) is 15.0. The van der Waals surface area contributed by atoms with Crippen molar-refractivity contribution in [3.05, 3.63) is 101 Å². The highest BCUT2D eigenvalue weighted by Crippen LogP contribution is 2.23. The van der Waals surface area contributed by atoms with Crippen LogP contribution in [0.4, 0.5) is 13.2 Å². The molecule has 1 nitrogen and oxygen atoms in total. The molecule has 1 heterocycles. The van der Waals surface area contributed by atoms with Crippen LogP contribution in [0.3, 0.4) is 0 Å². The molecule has 0 aliphatic heterocycles. The van der Waals surface area contributed by atoms with E-state index in [1.165, 1.54) is 23.8 Å². The number of aryl methyl sites for hydroxylation is 1. The first-order valence-electron chi connectivity index (χ1n) is 10.2. The monoisotopic (exact) mass is 415 g/mol. The first kappa shape index (κ1) is 20.7. The second-order valence-corrected chi connectivity index (χ2v) is 7.40. The maximum absolute atomic E-state index is 14.6. The molecule has 1 aromatic heterocycles. The molecular weight excluding hydrogens is 395 g/mol. The van der Waals surface area contributed by atoms with Crippen LogP contribution in [0.25, 0.3) is 22.0 Å². The van der Waals surface area contributed by atoms with Crippen LogP contribution < -0.4 is 0 Å². The Morgan fingerprint density at radius 1 is 0.839 bits per heavy atom. The molecule has 0 bridgehead atoms. The quantitative estimate of drug-likeness (QED) is 0.325. The van der Waals surface area contributed by atoms with Gasteiger partial charge in [-0.3, -0.25) is 4.98 Å². The number of unbranched alkanes of at least 4 members (excludes halogenated alkanes) is 1. The highest BCUT2D eigenvalue weighted by molar-refractivity contribution is 5.84. The van der Waals surface area contributed by atoms with E-state index in [2.05, 4.69) is 23.7 Å². The van der Waals surface area contributed by atoms with Gasteiger partial charge in [0.2, 0.25) is 0 Å². The number of aromatic nitrogens is 1. The molecule has 0 unspecified atom stereocenters. The normalized spacial score (nSPS) is 10.7. The van der Waals surface area contributed by atoms with E-state index >= 15 is 0 Å². The Balaban J connectivity index is 1.56. The van der Waals surface area contributed by atoms with Gasteiger partial charge in [0.1, 0.15) is 5.82 Å². The molecule has 0 spiro atoms. The predicted molar refractivity (Wildman–Crippen MR) is 118 cm³/mol. The lowest BCUT2D eigenvalue weighted by molar-refractivity contribution is 0.517. The Kier molecular flexibility index (Phi) is 6.04. The van der Waals surface area contributed by atoms with Gasteiger partial charge >= 0.3 is 0 Å². The van der Waals surface area contributed by atoms with Crippen LogP contribution in [0.2, 0.25) is 0 Å². The summed E-state index contributed by atoms with van der Waals surface area (Å²) in [6, 6.07) is 16.1. The molecule has 3 aromatic carbocycles. The molecule has 31 heavy (non-hydrogen) atoms. The zero-order valence-corrected chi connectivity index (χ0v) is 17.1. The summed E-state index contributed by atoms with van der Waals surface area (Å²) in [6.45, 7) is 2.15. The van der Waals surface area contributed by atoms with Crippen LogP contribution >= 0.6 is 0 Å². The summed E-state index contributed by atoms with van der Waals surface area (Å²) in [5.74, 6) is 3.50. The summed E-state index contributed by atoms with van der Waals surface area (Å²) < 4.78 is 41.8. The average molecular weight is 415 g/mol. The van der Waals surface area contributed by atoms with Gasteiger partial charge in [0.25, 0.3) is 0 Å². The summed E-state index contributed by atoms with van der Waals surface area (Å²) in [5.41, 5.74) is 3.42. The fourth-order valence-electron chi connectivity index (χ4n) is 3.38. The Hall–Kier alpha value is -3.58. The Morgan fingerprint density at radius 3 is 2.45 bits per heavy atom. The minimum Gasteiger partial charge on any atom is -0.256 e. The summed E-state index contributed by atoms with van der Waals surface area (Å²) >= 11 is 0. The van der Waals surface area contributed by atoms with E-state index in [9.17, 15) is 13.2 Å². The molecule has 0 N–H and O–H groups in total. The first-order valence-corrected chi connectivity index (χ1v) is 10.2. The predicted octanol–water partition coefficient (Wildman–Crippen LogP) is 7.06. The number of benzene rings is 3. The lowest BCUT2D eigenvalue weighted by atomic mass is 10.0. The van der Waals surface area contributed by atoms with E-state index < -0.39 is 17.5 Å². The fourth-order valence-corrected chi connectivity index (χ4v) is 3.38. The van der Waals surface area contributed by atoms with Gasteiger partial charge in [-0.2, -0.15) is 0 Å². The van der Waals surface area contributed by atoms with Crippen LogP contribution in [0.5, 0.6) is 0 Å². The van der Waals surface area contributed by atoms with Crippen LogP contribution in [0.15, 0.2) is 66.9 Å². The zero-order valence-electron chi connectivity index (χ0n) is 17.1. The van der Waals surface area contributed by atoms with Crippen LogP contribution in [-0.2, 0) is 6.42 Å². The van der Waals surface area contributed by atoms with Crippen molar-refractivity contribution in [1.29, 1.82) is 0 Å². The zero-order chi connectivity index (χ0) is 21.8. The SMILES string of the molecule is CCCCc1ccc(-c2ccc(C#Cc3ccc4c(F)c(F)ccc4c3)c(F)c2)nc1. The molecule has 4 heteroatoms. The van der Waals surface area contributed by atoms with Crippen molar-refractivity contribution in [1.82, 2.24) is 4.98 Å². The molecule has 0 amide bonds. The maximum Gasteiger partial charge on any atom is 0.166 e. The number of halogens is 3. The topological polar surface area (TPSA) is 12.9 Å². The maximum atomic E-state index is 14.6. The van der Waals surface area contributed by atoms with Crippen LogP contribution in [0, 0.1) is 29.3 Å².